The Labute approximate surface area is 285 Å². The molecule has 1 saturated heterocycles. The number of nitrogens with zero attached hydrogens (tertiary/aromatic N) is 1. The summed E-state index contributed by atoms with van der Waals surface area (Å²) in [5.74, 6) is -2.94. The summed E-state index contributed by atoms with van der Waals surface area (Å²) in [7, 11) is 9.16. The molecule has 14 heteroatoms. The molecule has 270 valence electrons. The second-order valence-electron chi connectivity index (χ2n) is 14.8. The fourth-order valence-electron chi connectivity index (χ4n) is 12.3. The standard InChI is InChI=1S/C35H47NO13/c1-17(38)49-34-13-24(46-6)33(41)12-19(25(34)30(33)48-31(40)18-8-9-20(43-3)21(10-18)44-4)35-23(45-5)11-22(39)32(15-42-2)14-36(16-37)29(35)26(34)27(47-7)28(32)35/h8-10,16,19,22-30,39,41H,11-15H2,1-7H3/t19?,22-,23?,24+,25?,26?,27?,28?,29?,30?,32+,33+,34-,35?/m1/s1. The van der Waals surface area contributed by atoms with Gasteiger partial charge in [-0.2, -0.15) is 0 Å². The minimum atomic E-state index is -1.71. The Morgan fingerprint density at radius 1 is 0.980 bits per heavy atom. The number of carbonyl (C=O) groups excluding carboxylic acids is 3. The first-order valence-electron chi connectivity index (χ1n) is 16.7. The van der Waals surface area contributed by atoms with Crippen LogP contribution in [-0.2, 0) is 38.0 Å². The van der Waals surface area contributed by atoms with Crippen molar-refractivity contribution in [1.29, 1.82) is 0 Å². The molecule has 6 aliphatic rings. The molecule has 14 atom stereocenters. The molecule has 9 unspecified atom stereocenters. The van der Waals surface area contributed by atoms with E-state index < -0.39 is 94.2 Å². The van der Waals surface area contributed by atoms with Gasteiger partial charge in [0.1, 0.15) is 17.3 Å². The zero-order valence-electron chi connectivity index (χ0n) is 29.0. The molecular weight excluding hydrogens is 642 g/mol. The number of aliphatic hydroxyl groups excluding tert-OH is 1. The molecule has 5 saturated carbocycles. The molecule has 6 fully saturated rings. The Hall–Kier alpha value is -3.01. The van der Waals surface area contributed by atoms with Crippen LogP contribution in [0.25, 0.3) is 0 Å². The minimum absolute atomic E-state index is 0.0686. The first-order valence-corrected chi connectivity index (χ1v) is 16.7. The van der Waals surface area contributed by atoms with Gasteiger partial charge in [0, 0.05) is 89.4 Å². The van der Waals surface area contributed by atoms with Crippen molar-refractivity contribution in [3.05, 3.63) is 23.8 Å². The van der Waals surface area contributed by atoms with E-state index in [1.165, 1.54) is 34.3 Å². The van der Waals surface area contributed by atoms with Crippen LogP contribution in [0, 0.1) is 34.5 Å². The van der Waals surface area contributed by atoms with Gasteiger partial charge >= 0.3 is 11.9 Å². The smallest absolute Gasteiger partial charge is 0.338 e. The van der Waals surface area contributed by atoms with Crippen molar-refractivity contribution in [3.63, 3.8) is 0 Å². The highest BCUT2D eigenvalue weighted by molar-refractivity contribution is 5.90. The van der Waals surface area contributed by atoms with Crippen molar-refractivity contribution < 1.29 is 62.5 Å². The van der Waals surface area contributed by atoms with E-state index in [1.807, 2.05) is 0 Å². The fourth-order valence-corrected chi connectivity index (χ4v) is 12.3. The van der Waals surface area contributed by atoms with Crippen molar-refractivity contribution in [3.8, 4) is 11.5 Å². The lowest BCUT2D eigenvalue weighted by molar-refractivity contribution is -0.295. The van der Waals surface area contributed by atoms with E-state index in [9.17, 15) is 24.6 Å². The molecule has 0 radical (unpaired) electrons. The number of hydrogen-bond acceptors (Lipinski definition) is 13. The summed E-state index contributed by atoms with van der Waals surface area (Å²) < 4.78 is 48.2. The molecule has 1 aromatic rings. The fraction of sp³-hybridized carbons (Fsp3) is 0.743. The van der Waals surface area contributed by atoms with E-state index in [-0.39, 0.29) is 38.0 Å². The maximum atomic E-state index is 14.1. The van der Waals surface area contributed by atoms with E-state index in [2.05, 4.69) is 0 Å². The van der Waals surface area contributed by atoms with E-state index >= 15 is 0 Å². The van der Waals surface area contributed by atoms with Crippen molar-refractivity contribution in [2.45, 2.75) is 73.9 Å². The Balaban J connectivity index is 1.47. The molecule has 1 spiro atoms. The van der Waals surface area contributed by atoms with Gasteiger partial charge in [-0.25, -0.2) is 4.79 Å². The second-order valence-corrected chi connectivity index (χ2v) is 14.8. The van der Waals surface area contributed by atoms with Crippen molar-refractivity contribution in [2.24, 2.45) is 34.5 Å². The zero-order valence-corrected chi connectivity index (χ0v) is 29.0. The Bertz CT molecular complexity index is 1510. The molecule has 2 N–H and O–H groups in total. The molecule has 1 amide bonds. The average molecular weight is 690 g/mol. The summed E-state index contributed by atoms with van der Waals surface area (Å²) in [6, 6.07) is 4.08. The Kier molecular flexibility index (Phi) is 8.28. The molecule has 1 aromatic carbocycles. The number of hydrogen-bond donors (Lipinski definition) is 2. The van der Waals surface area contributed by atoms with Crippen LogP contribution in [0.4, 0.5) is 0 Å². The van der Waals surface area contributed by atoms with Crippen LogP contribution < -0.4 is 9.47 Å². The van der Waals surface area contributed by atoms with Crippen LogP contribution in [0.5, 0.6) is 11.5 Å². The monoisotopic (exact) mass is 689 g/mol. The van der Waals surface area contributed by atoms with Gasteiger partial charge in [-0.3, -0.25) is 9.59 Å². The molecule has 49 heavy (non-hydrogen) atoms. The van der Waals surface area contributed by atoms with Crippen LogP contribution in [-0.4, -0.2) is 137 Å². The molecule has 1 heterocycles. The number of methoxy groups -OCH3 is 6. The first kappa shape index (κ1) is 34.4. The molecule has 0 aromatic heterocycles. The SMILES string of the molecule is COC[C@]12CN(C=O)C3C4C(OC)C1C3(C(OC)C[C@H]2O)C1C[C@@]2(O)C(OC(=O)c3ccc(OC)c(OC)c3)C1[C@]4(OC(C)=O)C[C@@H]2OC. The molecule has 1 aliphatic heterocycles. The Morgan fingerprint density at radius 2 is 1.69 bits per heavy atom. The van der Waals surface area contributed by atoms with Crippen LogP contribution in [0.15, 0.2) is 18.2 Å². The zero-order chi connectivity index (χ0) is 35.3. The number of benzene rings is 1. The summed E-state index contributed by atoms with van der Waals surface area (Å²) in [6.07, 6.45) is -3.10. The first-order chi connectivity index (χ1) is 23.4. The normalized spacial score (nSPS) is 45.4. The number of fused-ring (bicyclic) bond motifs is 2. The van der Waals surface area contributed by atoms with E-state index in [1.54, 1.807) is 38.4 Å². The van der Waals surface area contributed by atoms with Crippen LogP contribution in [0.2, 0.25) is 0 Å². The molecule has 14 nitrogen and oxygen atoms in total. The van der Waals surface area contributed by atoms with Crippen LogP contribution in [0.3, 0.4) is 0 Å². The highest BCUT2D eigenvalue weighted by Crippen LogP contribution is 2.80. The summed E-state index contributed by atoms with van der Waals surface area (Å²) >= 11 is 0. The Morgan fingerprint density at radius 3 is 2.29 bits per heavy atom. The average Bonchev–Trinajstić information content (AvgIpc) is 3.46. The van der Waals surface area contributed by atoms with Gasteiger partial charge in [0.15, 0.2) is 11.5 Å². The topological polar surface area (TPSA) is 169 Å². The highest BCUT2D eigenvalue weighted by atomic mass is 16.6. The van der Waals surface area contributed by atoms with Gasteiger partial charge < -0.3 is 53.0 Å². The number of piperidine rings is 1. The van der Waals surface area contributed by atoms with Gasteiger partial charge in [0.25, 0.3) is 0 Å². The largest absolute Gasteiger partial charge is 0.493 e. The summed E-state index contributed by atoms with van der Waals surface area (Å²) in [6.45, 7) is 1.64. The lowest BCUT2D eigenvalue weighted by Gasteiger charge is -2.69. The number of rotatable bonds is 11. The van der Waals surface area contributed by atoms with Gasteiger partial charge in [0.05, 0.1) is 50.8 Å². The van der Waals surface area contributed by atoms with Crippen LogP contribution in [0.1, 0.15) is 36.5 Å². The number of esters is 2. The van der Waals surface area contributed by atoms with Gasteiger partial charge in [0.2, 0.25) is 6.41 Å². The third-order valence-corrected chi connectivity index (χ3v) is 13.4. The van der Waals surface area contributed by atoms with Crippen molar-refractivity contribution in [1.82, 2.24) is 4.90 Å². The quantitative estimate of drug-likeness (QED) is 0.248. The maximum absolute atomic E-state index is 14.1. The maximum Gasteiger partial charge on any atom is 0.338 e. The van der Waals surface area contributed by atoms with Gasteiger partial charge in [-0.05, 0) is 30.5 Å². The number of carbonyl (C=O) groups is 3. The number of ether oxygens (including phenoxy) is 8. The summed E-state index contributed by atoms with van der Waals surface area (Å²) in [5.41, 5.74) is -4.85. The summed E-state index contributed by atoms with van der Waals surface area (Å²) in [5, 5.41) is 24.8. The molecule has 7 bridgehead atoms. The predicted octanol–water partition coefficient (Wildman–Crippen LogP) is 0.831. The number of amides is 1. The van der Waals surface area contributed by atoms with Crippen molar-refractivity contribution in [2.75, 3.05) is 55.8 Å². The van der Waals surface area contributed by atoms with E-state index in [0.29, 0.717) is 11.5 Å². The highest BCUT2D eigenvalue weighted by Gasteiger charge is 2.90. The second kappa shape index (κ2) is 11.8. The van der Waals surface area contributed by atoms with Crippen molar-refractivity contribution >= 4 is 18.3 Å². The predicted molar refractivity (Wildman–Crippen MR) is 168 cm³/mol. The van der Waals surface area contributed by atoms with Gasteiger partial charge in [-0.15, -0.1) is 0 Å². The van der Waals surface area contributed by atoms with E-state index in [4.69, 9.17) is 37.9 Å². The molecule has 5 aliphatic carbocycles. The summed E-state index contributed by atoms with van der Waals surface area (Å²) in [4.78, 5) is 42.2. The number of aliphatic hydroxyl groups is 2. The number of likely N-dealkylation sites (tertiary alicyclic amines) is 1. The minimum Gasteiger partial charge on any atom is -0.493 e. The third kappa shape index (κ3) is 4.12. The van der Waals surface area contributed by atoms with E-state index in [0.717, 1.165) is 6.41 Å². The lowest BCUT2D eigenvalue weighted by atomic mass is 9.42. The van der Waals surface area contributed by atoms with Gasteiger partial charge in [-0.1, -0.05) is 0 Å². The molecular formula is C35H47NO13. The third-order valence-electron chi connectivity index (χ3n) is 13.4. The molecule has 7 rings (SSSR count). The lowest BCUT2D eigenvalue weighted by Crippen LogP contribution is -2.79. The van der Waals surface area contributed by atoms with Crippen LogP contribution >= 0.6 is 0 Å².